The number of hydrogen-bond acceptors (Lipinski definition) is 3. The van der Waals surface area contributed by atoms with Gasteiger partial charge in [-0.05, 0) is 18.3 Å². The molecule has 1 aromatic rings. The number of aromatic amines is 1. The number of aromatic nitrogens is 2. The fourth-order valence-electron chi connectivity index (χ4n) is 2.48. The minimum Gasteiger partial charge on any atom is -0.321 e. The molecule has 1 aliphatic rings. The van der Waals surface area contributed by atoms with Gasteiger partial charge in [0.05, 0.1) is 11.7 Å². The molecule has 100 valence electrons. The van der Waals surface area contributed by atoms with Crippen LogP contribution in [0.15, 0.2) is 10.9 Å². The molecule has 0 aliphatic heterocycles. The molecule has 1 heterocycles. The summed E-state index contributed by atoms with van der Waals surface area (Å²) in [7, 11) is 0. The largest absolute Gasteiger partial charge is 0.321 e. The number of nitrogens with zero attached hydrogens (tertiary/aromatic N) is 1. The maximum atomic E-state index is 11.7. The first kappa shape index (κ1) is 13.3. The second-order valence-corrected chi connectivity index (χ2v) is 6.38. The minimum absolute atomic E-state index is 0.0819. The van der Waals surface area contributed by atoms with Crippen molar-refractivity contribution in [2.75, 3.05) is 0 Å². The fraction of sp³-hybridized carbons (Fsp3) is 0.714. The molecule has 1 atom stereocenters. The first-order valence-corrected chi connectivity index (χ1v) is 6.74. The third-order valence-corrected chi connectivity index (χ3v) is 3.78. The SMILES string of the molecule is CC(C)(C)C(N)c1nc(C2CCCC2)cc(=O)[nH]1. The second kappa shape index (κ2) is 4.84. The summed E-state index contributed by atoms with van der Waals surface area (Å²) in [5.41, 5.74) is 6.91. The molecule has 4 heteroatoms. The van der Waals surface area contributed by atoms with Gasteiger partial charge in [0.25, 0.3) is 5.56 Å². The molecule has 0 bridgehead atoms. The highest BCUT2D eigenvalue weighted by molar-refractivity contribution is 5.12. The van der Waals surface area contributed by atoms with Crippen molar-refractivity contribution >= 4 is 0 Å². The van der Waals surface area contributed by atoms with E-state index in [4.69, 9.17) is 5.73 Å². The molecular weight excluding hydrogens is 226 g/mol. The number of hydrogen-bond donors (Lipinski definition) is 2. The van der Waals surface area contributed by atoms with Crippen LogP contribution in [-0.2, 0) is 0 Å². The van der Waals surface area contributed by atoms with Crippen LogP contribution in [0.3, 0.4) is 0 Å². The van der Waals surface area contributed by atoms with E-state index >= 15 is 0 Å². The first-order chi connectivity index (χ1) is 8.38. The molecule has 0 radical (unpaired) electrons. The van der Waals surface area contributed by atoms with Crippen LogP contribution in [-0.4, -0.2) is 9.97 Å². The van der Waals surface area contributed by atoms with E-state index in [1.165, 1.54) is 12.8 Å². The van der Waals surface area contributed by atoms with E-state index in [-0.39, 0.29) is 17.0 Å². The summed E-state index contributed by atoms with van der Waals surface area (Å²) in [5, 5.41) is 0. The van der Waals surface area contributed by atoms with Crippen LogP contribution >= 0.6 is 0 Å². The van der Waals surface area contributed by atoms with Crippen LogP contribution in [0.4, 0.5) is 0 Å². The Hall–Kier alpha value is -1.16. The minimum atomic E-state index is -0.244. The van der Waals surface area contributed by atoms with E-state index in [1.807, 2.05) is 0 Å². The lowest BCUT2D eigenvalue weighted by atomic mass is 9.87. The Balaban J connectivity index is 2.34. The topological polar surface area (TPSA) is 71.8 Å². The molecule has 0 aromatic carbocycles. The molecule has 3 N–H and O–H groups in total. The van der Waals surface area contributed by atoms with Gasteiger partial charge in [0.15, 0.2) is 0 Å². The predicted octanol–water partition coefficient (Wildman–Crippen LogP) is 2.47. The number of nitrogens with two attached hydrogens (primary N) is 1. The van der Waals surface area contributed by atoms with Gasteiger partial charge < -0.3 is 10.7 Å². The fourth-order valence-corrected chi connectivity index (χ4v) is 2.48. The zero-order chi connectivity index (χ0) is 13.3. The Morgan fingerprint density at radius 1 is 1.39 bits per heavy atom. The second-order valence-electron chi connectivity index (χ2n) is 6.38. The highest BCUT2D eigenvalue weighted by atomic mass is 16.1. The van der Waals surface area contributed by atoms with Crippen molar-refractivity contribution in [3.05, 3.63) is 27.9 Å². The Kier molecular flexibility index (Phi) is 3.57. The standard InChI is InChI=1S/C14H23N3O/c1-14(2,3)12(15)13-16-10(8-11(18)17-13)9-6-4-5-7-9/h8-9,12H,4-7,15H2,1-3H3,(H,16,17,18). The highest BCUT2D eigenvalue weighted by Gasteiger charge is 2.26. The Morgan fingerprint density at radius 3 is 2.56 bits per heavy atom. The van der Waals surface area contributed by atoms with Crippen molar-refractivity contribution in [1.29, 1.82) is 0 Å². The highest BCUT2D eigenvalue weighted by Crippen LogP contribution is 2.33. The molecule has 1 aliphatic carbocycles. The van der Waals surface area contributed by atoms with E-state index in [0.717, 1.165) is 18.5 Å². The van der Waals surface area contributed by atoms with Crippen LogP contribution in [0.25, 0.3) is 0 Å². The average molecular weight is 249 g/mol. The van der Waals surface area contributed by atoms with Gasteiger partial charge in [0, 0.05) is 12.0 Å². The van der Waals surface area contributed by atoms with Crippen LogP contribution < -0.4 is 11.3 Å². The quantitative estimate of drug-likeness (QED) is 0.845. The lowest BCUT2D eigenvalue weighted by Crippen LogP contribution is -2.30. The third kappa shape index (κ3) is 2.80. The van der Waals surface area contributed by atoms with Crippen molar-refractivity contribution < 1.29 is 0 Å². The lowest BCUT2D eigenvalue weighted by Gasteiger charge is -2.26. The van der Waals surface area contributed by atoms with Gasteiger partial charge in [-0.25, -0.2) is 4.98 Å². The van der Waals surface area contributed by atoms with Crippen LogP contribution in [0.2, 0.25) is 0 Å². The molecule has 0 spiro atoms. The van der Waals surface area contributed by atoms with Crippen molar-refractivity contribution in [3.63, 3.8) is 0 Å². The van der Waals surface area contributed by atoms with Crippen molar-refractivity contribution in [3.8, 4) is 0 Å². The van der Waals surface area contributed by atoms with E-state index in [1.54, 1.807) is 6.07 Å². The van der Waals surface area contributed by atoms with Crippen molar-refractivity contribution in [2.24, 2.45) is 11.1 Å². The summed E-state index contributed by atoms with van der Waals surface area (Å²) in [5.74, 6) is 1.06. The number of nitrogens with one attached hydrogen (secondary N) is 1. The normalized spacial score (nSPS) is 19.1. The molecule has 2 rings (SSSR count). The number of H-pyrrole nitrogens is 1. The summed E-state index contributed by atoms with van der Waals surface area (Å²) >= 11 is 0. The monoisotopic (exact) mass is 249 g/mol. The van der Waals surface area contributed by atoms with Crippen LogP contribution in [0.5, 0.6) is 0 Å². The summed E-state index contributed by atoms with van der Waals surface area (Å²) in [6.45, 7) is 6.17. The molecule has 0 saturated heterocycles. The van der Waals surface area contributed by atoms with Crippen LogP contribution in [0.1, 0.15) is 69.9 Å². The molecule has 1 saturated carbocycles. The Morgan fingerprint density at radius 2 is 2.00 bits per heavy atom. The van der Waals surface area contributed by atoms with Gasteiger partial charge >= 0.3 is 0 Å². The average Bonchev–Trinajstić information content (AvgIpc) is 2.79. The zero-order valence-electron chi connectivity index (χ0n) is 11.5. The molecule has 4 nitrogen and oxygen atoms in total. The van der Waals surface area contributed by atoms with Gasteiger partial charge in [-0.15, -0.1) is 0 Å². The molecule has 0 amide bonds. The number of rotatable bonds is 2. The van der Waals surface area contributed by atoms with E-state index in [9.17, 15) is 4.79 Å². The molecule has 1 fully saturated rings. The maximum absolute atomic E-state index is 11.7. The van der Waals surface area contributed by atoms with Gasteiger partial charge in [0.1, 0.15) is 5.82 Å². The van der Waals surface area contributed by atoms with Gasteiger partial charge in [0.2, 0.25) is 0 Å². The molecular formula is C14H23N3O. The first-order valence-electron chi connectivity index (χ1n) is 6.74. The zero-order valence-corrected chi connectivity index (χ0v) is 11.5. The maximum Gasteiger partial charge on any atom is 0.251 e. The summed E-state index contributed by atoms with van der Waals surface area (Å²) in [6.07, 6.45) is 4.75. The van der Waals surface area contributed by atoms with Crippen molar-refractivity contribution in [1.82, 2.24) is 9.97 Å². The lowest BCUT2D eigenvalue weighted by molar-refractivity contribution is 0.314. The smallest absolute Gasteiger partial charge is 0.251 e. The van der Waals surface area contributed by atoms with Crippen LogP contribution in [0, 0.1) is 5.41 Å². The summed E-state index contributed by atoms with van der Waals surface area (Å²) in [4.78, 5) is 19.1. The summed E-state index contributed by atoms with van der Waals surface area (Å²) in [6, 6.07) is 1.39. The molecule has 18 heavy (non-hydrogen) atoms. The Bertz CT molecular complexity index is 467. The molecule has 1 aromatic heterocycles. The van der Waals surface area contributed by atoms with Gasteiger partial charge in [-0.1, -0.05) is 33.6 Å². The Labute approximate surface area is 108 Å². The van der Waals surface area contributed by atoms with Crippen molar-refractivity contribution in [2.45, 2.75) is 58.4 Å². The van der Waals surface area contributed by atoms with E-state index < -0.39 is 0 Å². The predicted molar refractivity (Wildman–Crippen MR) is 72.5 cm³/mol. The van der Waals surface area contributed by atoms with Gasteiger partial charge in [-0.3, -0.25) is 4.79 Å². The third-order valence-electron chi connectivity index (χ3n) is 3.78. The van der Waals surface area contributed by atoms with E-state index in [2.05, 4.69) is 30.7 Å². The summed E-state index contributed by atoms with van der Waals surface area (Å²) < 4.78 is 0. The van der Waals surface area contributed by atoms with Gasteiger partial charge in [-0.2, -0.15) is 0 Å². The molecule has 1 unspecified atom stereocenters. The van der Waals surface area contributed by atoms with E-state index in [0.29, 0.717) is 11.7 Å².